The first-order valence-corrected chi connectivity index (χ1v) is 6.36. The zero-order chi connectivity index (χ0) is 11.6. The lowest BCUT2D eigenvalue weighted by molar-refractivity contribution is 0.0933. The molecule has 94 valence electrons. The molecule has 1 saturated heterocycles. The summed E-state index contributed by atoms with van der Waals surface area (Å²) in [5.74, 6) is 0. The predicted octanol–water partition coefficient (Wildman–Crippen LogP) is 2.13. The van der Waals surface area contributed by atoms with Gasteiger partial charge in [0.15, 0.2) is 0 Å². The van der Waals surface area contributed by atoms with Crippen LogP contribution in [0.2, 0.25) is 0 Å². The summed E-state index contributed by atoms with van der Waals surface area (Å²) in [5.41, 5.74) is 0. The Hall–Kier alpha value is -0.380. The van der Waals surface area contributed by atoms with E-state index < -0.39 is 0 Å². The summed E-state index contributed by atoms with van der Waals surface area (Å²) in [6, 6.07) is 0.520. The summed E-state index contributed by atoms with van der Waals surface area (Å²) >= 11 is 0. The van der Waals surface area contributed by atoms with Crippen molar-refractivity contribution in [1.82, 2.24) is 5.32 Å². The van der Waals surface area contributed by atoms with Gasteiger partial charge in [0.25, 0.3) is 0 Å². The van der Waals surface area contributed by atoms with E-state index in [4.69, 9.17) is 9.47 Å². The fourth-order valence-electron chi connectivity index (χ4n) is 1.95. The third-order valence-electron chi connectivity index (χ3n) is 2.85. The Kier molecular flexibility index (Phi) is 7.47. The van der Waals surface area contributed by atoms with E-state index in [1.807, 2.05) is 6.08 Å². The van der Waals surface area contributed by atoms with Gasteiger partial charge in [0.1, 0.15) is 0 Å². The molecule has 0 spiro atoms. The number of rotatable bonds is 9. The highest BCUT2D eigenvalue weighted by Gasteiger charge is 2.17. The van der Waals surface area contributed by atoms with Gasteiger partial charge in [-0.25, -0.2) is 0 Å². The first-order chi connectivity index (χ1) is 7.83. The van der Waals surface area contributed by atoms with Crippen LogP contribution in [-0.4, -0.2) is 38.5 Å². The van der Waals surface area contributed by atoms with E-state index in [1.165, 1.54) is 12.8 Å². The molecule has 1 heterocycles. The number of ether oxygens (including phenoxy) is 2. The summed E-state index contributed by atoms with van der Waals surface area (Å²) in [6.45, 7) is 9.30. The molecule has 1 rings (SSSR count). The van der Waals surface area contributed by atoms with E-state index in [0.29, 0.717) is 12.1 Å². The van der Waals surface area contributed by atoms with Crippen molar-refractivity contribution in [2.45, 2.75) is 44.8 Å². The Labute approximate surface area is 99.2 Å². The maximum Gasteiger partial charge on any atom is 0.0591 e. The minimum Gasteiger partial charge on any atom is -0.380 e. The Morgan fingerprint density at radius 2 is 2.44 bits per heavy atom. The van der Waals surface area contributed by atoms with Crippen LogP contribution in [-0.2, 0) is 9.47 Å². The van der Waals surface area contributed by atoms with Crippen LogP contribution in [0.15, 0.2) is 12.7 Å². The minimum atomic E-state index is 0.476. The van der Waals surface area contributed by atoms with Crippen LogP contribution < -0.4 is 5.32 Å². The van der Waals surface area contributed by atoms with Crippen molar-refractivity contribution in [3.63, 3.8) is 0 Å². The SMILES string of the molecule is C=CCCOCCNC(C)CC1CCCO1. The van der Waals surface area contributed by atoms with E-state index in [9.17, 15) is 0 Å². The Balaban J connectivity index is 1.89. The molecule has 0 radical (unpaired) electrons. The molecular formula is C13H25NO2. The molecule has 2 unspecified atom stereocenters. The quantitative estimate of drug-likeness (QED) is 0.483. The van der Waals surface area contributed by atoms with Gasteiger partial charge in [0.05, 0.1) is 19.3 Å². The van der Waals surface area contributed by atoms with Crippen molar-refractivity contribution in [3.05, 3.63) is 12.7 Å². The first-order valence-electron chi connectivity index (χ1n) is 6.36. The molecule has 1 fully saturated rings. The van der Waals surface area contributed by atoms with Crippen molar-refractivity contribution in [2.24, 2.45) is 0 Å². The summed E-state index contributed by atoms with van der Waals surface area (Å²) in [7, 11) is 0. The van der Waals surface area contributed by atoms with Gasteiger partial charge in [-0.05, 0) is 32.6 Å². The van der Waals surface area contributed by atoms with Crippen molar-refractivity contribution in [3.8, 4) is 0 Å². The molecule has 3 heteroatoms. The summed E-state index contributed by atoms with van der Waals surface area (Å²) in [4.78, 5) is 0. The average Bonchev–Trinajstić information content (AvgIpc) is 2.76. The summed E-state index contributed by atoms with van der Waals surface area (Å²) < 4.78 is 11.0. The van der Waals surface area contributed by atoms with Crippen molar-refractivity contribution in [1.29, 1.82) is 0 Å². The third-order valence-corrected chi connectivity index (χ3v) is 2.85. The lowest BCUT2D eigenvalue weighted by atomic mass is 10.1. The average molecular weight is 227 g/mol. The van der Waals surface area contributed by atoms with Crippen LogP contribution in [0.1, 0.15) is 32.6 Å². The highest BCUT2D eigenvalue weighted by molar-refractivity contribution is 4.71. The molecule has 0 aromatic heterocycles. The van der Waals surface area contributed by atoms with Crippen molar-refractivity contribution < 1.29 is 9.47 Å². The van der Waals surface area contributed by atoms with E-state index in [2.05, 4.69) is 18.8 Å². The first kappa shape index (κ1) is 13.7. The van der Waals surface area contributed by atoms with E-state index in [-0.39, 0.29) is 0 Å². The Bertz CT molecular complexity index is 179. The molecule has 1 aliphatic heterocycles. The van der Waals surface area contributed by atoms with Gasteiger partial charge in [0.2, 0.25) is 0 Å². The van der Waals surface area contributed by atoms with Crippen LogP contribution in [0.25, 0.3) is 0 Å². The molecular weight excluding hydrogens is 202 g/mol. The fraction of sp³-hybridized carbons (Fsp3) is 0.846. The number of hydrogen-bond acceptors (Lipinski definition) is 3. The van der Waals surface area contributed by atoms with E-state index >= 15 is 0 Å². The predicted molar refractivity (Wildman–Crippen MR) is 66.7 cm³/mol. The Morgan fingerprint density at radius 1 is 1.56 bits per heavy atom. The molecule has 1 N–H and O–H groups in total. The summed E-state index contributed by atoms with van der Waals surface area (Å²) in [5, 5.41) is 3.46. The minimum absolute atomic E-state index is 0.476. The second kappa shape index (κ2) is 8.74. The standard InChI is InChI=1S/C13H25NO2/c1-3-4-8-15-10-7-14-12(2)11-13-6-5-9-16-13/h3,12-14H,1,4-11H2,2H3. The zero-order valence-electron chi connectivity index (χ0n) is 10.4. The van der Waals surface area contributed by atoms with Gasteiger partial charge in [-0.1, -0.05) is 6.08 Å². The molecule has 16 heavy (non-hydrogen) atoms. The molecule has 0 aromatic rings. The highest BCUT2D eigenvalue weighted by Crippen LogP contribution is 2.16. The van der Waals surface area contributed by atoms with Crippen LogP contribution in [0, 0.1) is 0 Å². The fourth-order valence-corrected chi connectivity index (χ4v) is 1.95. The molecule has 3 nitrogen and oxygen atoms in total. The van der Waals surface area contributed by atoms with Gasteiger partial charge >= 0.3 is 0 Å². The van der Waals surface area contributed by atoms with Crippen LogP contribution in [0.5, 0.6) is 0 Å². The van der Waals surface area contributed by atoms with Gasteiger partial charge in [-0.15, -0.1) is 6.58 Å². The van der Waals surface area contributed by atoms with Gasteiger partial charge in [-0.2, -0.15) is 0 Å². The van der Waals surface area contributed by atoms with Crippen LogP contribution in [0.4, 0.5) is 0 Å². The molecule has 0 saturated carbocycles. The van der Waals surface area contributed by atoms with Crippen molar-refractivity contribution in [2.75, 3.05) is 26.4 Å². The van der Waals surface area contributed by atoms with E-state index in [1.54, 1.807) is 0 Å². The normalized spacial score (nSPS) is 22.2. The number of nitrogens with one attached hydrogen (secondary N) is 1. The molecule has 0 aromatic carbocycles. The Morgan fingerprint density at radius 3 is 3.12 bits per heavy atom. The van der Waals surface area contributed by atoms with Gasteiger partial charge < -0.3 is 14.8 Å². The largest absolute Gasteiger partial charge is 0.380 e. The van der Waals surface area contributed by atoms with E-state index in [0.717, 1.165) is 39.2 Å². The molecule has 1 aliphatic rings. The summed E-state index contributed by atoms with van der Waals surface area (Å²) in [6.07, 6.45) is 6.86. The lowest BCUT2D eigenvalue weighted by Crippen LogP contribution is -2.32. The lowest BCUT2D eigenvalue weighted by Gasteiger charge is -2.17. The maximum absolute atomic E-state index is 5.60. The highest BCUT2D eigenvalue weighted by atomic mass is 16.5. The van der Waals surface area contributed by atoms with Crippen LogP contribution in [0.3, 0.4) is 0 Å². The van der Waals surface area contributed by atoms with Gasteiger partial charge in [-0.3, -0.25) is 0 Å². The smallest absolute Gasteiger partial charge is 0.0591 e. The maximum atomic E-state index is 5.60. The van der Waals surface area contributed by atoms with Gasteiger partial charge in [0, 0.05) is 19.2 Å². The second-order valence-corrected chi connectivity index (χ2v) is 4.42. The third kappa shape index (κ3) is 6.26. The topological polar surface area (TPSA) is 30.5 Å². The molecule has 2 atom stereocenters. The van der Waals surface area contributed by atoms with Crippen molar-refractivity contribution >= 4 is 0 Å². The molecule has 0 amide bonds. The molecule has 0 aliphatic carbocycles. The molecule has 0 bridgehead atoms. The number of hydrogen-bond donors (Lipinski definition) is 1. The zero-order valence-corrected chi connectivity index (χ0v) is 10.4. The second-order valence-electron chi connectivity index (χ2n) is 4.42. The van der Waals surface area contributed by atoms with Crippen LogP contribution >= 0.6 is 0 Å². The monoisotopic (exact) mass is 227 g/mol.